The summed E-state index contributed by atoms with van der Waals surface area (Å²) in [6, 6.07) is 0.590. The minimum absolute atomic E-state index is 0.590. The quantitative estimate of drug-likeness (QED) is 0.872. The summed E-state index contributed by atoms with van der Waals surface area (Å²) in [5, 5.41) is 7.77. The predicted molar refractivity (Wildman–Crippen MR) is 71.5 cm³/mol. The monoisotopic (exact) mass is 287 g/mol. The van der Waals surface area contributed by atoms with Gasteiger partial charge in [-0.2, -0.15) is 5.10 Å². The molecule has 1 rings (SSSR count). The topological polar surface area (TPSA) is 29.9 Å². The Morgan fingerprint density at radius 1 is 1.50 bits per heavy atom. The van der Waals surface area contributed by atoms with Gasteiger partial charge in [-0.15, -0.1) is 0 Å². The molecule has 4 heteroatoms. The normalized spacial score (nSPS) is 13.4. The maximum atomic E-state index is 4.23. The van der Waals surface area contributed by atoms with Gasteiger partial charge in [0.1, 0.15) is 0 Å². The van der Waals surface area contributed by atoms with E-state index in [4.69, 9.17) is 0 Å². The molecule has 0 aliphatic carbocycles. The number of aryl methyl sites for hydroxylation is 1. The Morgan fingerprint density at radius 3 is 2.62 bits per heavy atom. The fourth-order valence-electron chi connectivity index (χ4n) is 1.94. The molecule has 92 valence electrons. The molecule has 0 saturated heterocycles. The van der Waals surface area contributed by atoms with E-state index in [1.165, 1.54) is 5.69 Å². The van der Waals surface area contributed by atoms with Crippen LogP contribution in [-0.2, 0) is 13.5 Å². The molecule has 0 radical (unpaired) electrons. The van der Waals surface area contributed by atoms with Crippen molar-refractivity contribution in [1.82, 2.24) is 15.1 Å². The Balaban J connectivity index is 2.55. The van der Waals surface area contributed by atoms with E-state index in [9.17, 15) is 0 Å². The molecular formula is C12H22BrN3. The number of aromatic nitrogens is 2. The molecule has 0 aliphatic heterocycles. The van der Waals surface area contributed by atoms with Crippen molar-refractivity contribution >= 4 is 15.9 Å². The maximum Gasteiger partial charge on any atom is 0.0635 e. The van der Waals surface area contributed by atoms with Crippen LogP contribution in [-0.4, -0.2) is 22.4 Å². The van der Waals surface area contributed by atoms with Gasteiger partial charge in [-0.25, -0.2) is 0 Å². The summed E-state index contributed by atoms with van der Waals surface area (Å²) in [5.74, 6) is 0.673. The van der Waals surface area contributed by atoms with E-state index < -0.39 is 0 Å². The zero-order chi connectivity index (χ0) is 12.1. The molecule has 0 fully saturated rings. The Kier molecular flexibility index (Phi) is 5.49. The molecule has 0 aliphatic rings. The fraction of sp³-hybridized carbons (Fsp3) is 0.750. The van der Waals surface area contributed by atoms with Gasteiger partial charge < -0.3 is 5.32 Å². The van der Waals surface area contributed by atoms with Gasteiger partial charge in [0.05, 0.1) is 16.4 Å². The summed E-state index contributed by atoms with van der Waals surface area (Å²) in [7, 11) is 2.00. The largest absolute Gasteiger partial charge is 0.314 e. The van der Waals surface area contributed by atoms with Gasteiger partial charge >= 0.3 is 0 Å². The minimum atomic E-state index is 0.590. The average molecular weight is 288 g/mol. The van der Waals surface area contributed by atoms with Gasteiger partial charge in [0.25, 0.3) is 0 Å². The molecule has 3 nitrogen and oxygen atoms in total. The summed E-state index contributed by atoms with van der Waals surface area (Å²) in [6.07, 6.45) is 4.09. The van der Waals surface area contributed by atoms with E-state index in [0.717, 1.165) is 23.9 Å². The van der Waals surface area contributed by atoms with E-state index in [1.54, 1.807) is 0 Å². The molecule has 0 saturated carbocycles. The lowest BCUT2D eigenvalue weighted by Gasteiger charge is -2.21. The van der Waals surface area contributed by atoms with Crippen LogP contribution >= 0.6 is 15.9 Å². The molecular weight excluding hydrogens is 266 g/mol. The summed E-state index contributed by atoms with van der Waals surface area (Å²) in [4.78, 5) is 0. The van der Waals surface area contributed by atoms with Crippen LogP contribution in [0, 0.1) is 5.92 Å². The standard InChI is InChI=1S/C12H22BrN3/c1-5-14-11(9(2)3)6-7-12-10(13)8-15-16(12)4/h8-9,11,14H,5-7H2,1-4H3. The summed E-state index contributed by atoms with van der Waals surface area (Å²) < 4.78 is 3.07. The van der Waals surface area contributed by atoms with Crippen molar-refractivity contribution in [3.05, 3.63) is 16.4 Å². The fourth-order valence-corrected chi connectivity index (χ4v) is 2.49. The average Bonchev–Trinajstić information content (AvgIpc) is 2.54. The highest BCUT2D eigenvalue weighted by molar-refractivity contribution is 9.10. The Labute approximate surface area is 107 Å². The molecule has 1 atom stereocenters. The van der Waals surface area contributed by atoms with E-state index in [2.05, 4.69) is 47.1 Å². The highest BCUT2D eigenvalue weighted by atomic mass is 79.9. The van der Waals surface area contributed by atoms with Gasteiger partial charge in [-0.1, -0.05) is 20.8 Å². The van der Waals surface area contributed by atoms with E-state index in [-0.39, 0.29) is 0 Å². The van der Waals surface area contributed by atoms with Crippen LogP contribution in [0.3, 0.4) is 0 Å². The number of nitrogens with one attached hydrogen (secondary N) is 1. The lowest BCUT2D eigenvalue weighted by atomic mass is 9.98. The van der Waals surface area contributed by atoms with Crippen LogP contribution in [0.1, 0.15) is 32.9 Å². The molecule has 0 spiro atoms. The third-order valence-corrected chi connectivity index (χ3v) is 3.64. The predicted octanol–water partition coefficient (Wildman–Crippen LogP) is 2.75. The maximum absolute atomic E-state index is 4.23. The van der Waals surface area contributed by atoms with Gasteiger partial charge in [-0.3, -0.25) is 4.68 Å². The van der Waals surface area contributed by atoms with E-state index in [1.807, 2.05) is 17.9 Å². The summed E-state index contributed by atoms with van der Waals surface area (Å²) in [6.45, 7) is 7.74. The molecule has 1 heterocycles. The lowest BCUT2D eigenvalue weighted by Crippen LogP contribution is -2.34. The molecule has 1 unspecified atom stereocenters. The molecule has 16 heavy (non-hydrogen) atoms. The third kappa shape index (κ3) is 3.59. The van der Waals surface area contributed by atoms with Crippen molar-refractivity contribution in [2.24, 2.45) is 13.0 Å². The van der Waals surface area contributed by atoms with Crippen molar-refractivity contribution in [1.29, 1.82) is 0 Å². The zero-order valence-electron chi connectivity index (χ0n) is 10.6. The Hall–Kier alpha value is -0.350. The lowest BCUT2D eigenvalue weighted by molar-refractivity contribution is 0.382. The van der Waals surface area contributed by atoms with Crippen molar-refractivity contribution in [2.75, 3.05) is 6.54 Å². The van der Waals surface area contributed by atoms with E-state index in [0.29, 0.717) is 12.0 Å². The second-order valence-corrected chi connectivity index (χ2v) is 5.36. The van der Waals surface area contributed by atoms with Gasteiger partial charge in [0, 0.05) is 13.1 Å². The number of hydrogen-bond acceptors (Lipinski definition) is 2. The SMILES string of the molecule is CCNC(CCc1c(Br)cnn1C)C(C)C. The van der Waals surface area contributed by atoms with Gasteiger partial charge in [0.15, 0.2) is 0 Å². The molecule has 1 aromatic rings. The Morgan fingerprint density at radius 2 is 2.19 bits per heavy atom. The van der Waals surface area contributed by atoms with Crippen LogP contribution < -0.4 is 5.32 Å². The van der Waals surface area contributed by atoms with Crippen molar-refractivity contribution in [3.8, 4) is 0 Å². The van der Waals surface area contributed by atoms with Crippen LogP contribution in [0.15, 0.2) is 10.7 Å². The highest BCUT2D eigenvalue weighted by Crippen LogP contribution is 2.18. The van der Waals surface area contributed by atoms with Crippen molar-refractivity contribution < 1.29 is 0 Å². The number of hydrogen-bond donors (Lipinski definition) is 1. The zero-order valence-corrected chi connectivity index (χ0v) is 12.2. The highest BCUT2D eigenvalue weighted by Gasteiger charge is 2.14. The first-order valence-electron chi connectivity index (χ1n) is 5.96. The number of rotatable bonds is 6. The molecule has 1 aromatic heterocycles. The van der Waals surface area contributed by atoms with Crippen LogP contribution in [0.2, 0.25) is 0 Å². The van der Waals surface area contributed by atoms with Gasteiger partial charge in [0.2, 0.25) is 0 Å². The smallest absolute Gasteiger partial charge is 0.0635 e. The van der Waals surface area contributed by atoms with Crippen molar-refractivity contribution in [3.63, 3.8) is 0 Å². The Bertz CT molecular complexity index is 301. The first-order chi connectivity index (χ1) is 7.56. The van der Waals surface area contributed by atoms with Crippen LogP contribution in [0.5, 0.6) is 0 Å². The first-order valence-corrected chi connectivity index (χ1v) is 6.75. The minimum Gasteiger partial charge on any atom is -0.314 e. The molecule has 0 amide bonds. The van der Waals surface area contributed by atoms with Gasteiger partial charge in [-0.05, 0) is 41.2 Å². The summed E-state index contributed by atoms with van der Waals surface area (Å²) in [5.41, 5.74) is 1.28. The second-order valence-electron chi connectivity index (χ2n) is 4.51. The van der Waals surface area contributed by atoms with Crippen LogP contribution in [0.25, 0.3) is 0 Å². The third-order valence-electron chi connectivity index (χ3n) is 2.97. The van der Waals surface area contributed by atoms with E-state index >= 15 is 0 Å². The van der Waals surface area contributed by atoms with Crippen LogP contribution in [0.4, 0.5) is 0 Å². The molecule has 0 bridgehead atoms. The molecule has 1 N–H and O–H groups in total. The first kappa shape index (κ1) is 13.7. The second kappa shape index (κ2) is 6.40. The number of nitrogens with zero attached hydrogens (tertiary/aromatic N) is 2. The van der Waals surface area contributed by atoms with Crippen molar-refractivity contribution in [2.45, 2.75) is 39.7 Å². The summed E-state index contributed by atoms with van der Waals surface area (Å²) >= 11 is 3.54. The number of halogens is 1. The molecule has 0 aromatic carbocycles.